The van der Waals surface area contributed by atoms with Gasteiger partial charge >= 0.3 is 0 Å². The highest BCUT2D eigenvalue weighted by molar-refractivity contribution is 5.87. The van der Waals surface area contributed by atoms with E-state index in [9.17, 15) is 4.39 Å². The molecule has 0 unspecified atom stereocenters. The Labute approximate surface area is 146 Å². The SMILES string of the molecule is CCC1(C)CCN(c2cnc3c(-c4ccccc4F)[nH]nc3n2)CC1. The number of halogens is 1. The average molecular weight is 339 g/mol. The van der Waals surface area contributed by atoms with E-state index in [1.54, 1.807) is 24.4 Å². The number of fused-ring (bicyclic) bond motifs is 1. The van der Waals surface area contributed by atoms with Crippen molar-refractivity contribution in [2.75, 3.05) is 18.0 Å². The lowest BCUT2D eigenvalue weighted by Gasteiger charge is -2.39. The lowest BCUT2D eigenvalue weighted by Crippen LogP contribution is -2.38. The molecule has 0 aliphatic carbocycles. The fourth-order valence-electron chi connectivity index (χ4n) is 3.42. The van der Waals surface area contributed by atoms with Crippen molar-refractivity contribution in [3.05, 3.63) is 36.3 Å². The van der Waals surface area contributed by atoms with Crippen LogP contribution in [-0.2, 0) is 0 Å². The summed E-state index contributed by atoms with van der Waals surface area (Å²) in [4.78, 5) is 11.4. The van der Waals surface area contributed by atoms with Gasteiger partial charge in [-0.2, -0.15) is 5.10 Å². The molecule has 0 bridgehead atoms. The Hall–Kier alpha value is -2.50. The summed E-state index contributed by atoms with van der Waals surface area (Å²) in [5.41, 5.74) is 2.59. The monoisotopic (exact) mass is 339 g/mol. The van der Waals surface area contributed by atoms with E-state index in [0.29, 0.717) is 27.8 Å². The molecule has 0 saturated carbocycles. The van der Waals surface area contributed by atoms with Crippen LogP contribution in [0.15, 0.2) is 30.5 Å². The minimum atomic E-state index is -0.297. The van der Waals surface area contributed by atoms with Crippen LogP contribution in [0.25, 0.3) is 22.4 Å². The molecule has 1 saturated heterocycles. The van der Waals surface area contributed by atoms with Crippen molar-refractivity contribution in [1.29, 1.82) is 0 Å². The summed E-state index contributed by atoms with van der Waals surface area (Å²) in [6.07, 6.45) is 5.29. The Morgan fingerprint density at radius 3 is 2.72 bits per heavy atom. The van der Waals surface area contributed by atoms with Gasteiger partial charge in [0.1, 0.15) is 17.2 Å². The Kier molecular flexibility index (Phi) is 3.90. The molecule has 25 heavy (non-hydrogen) atoms. The van der Waals surface area contributed by atoms with Gasteiger partial charge in [-0.05, 0) is 30.4 Å². The van der Waals surface area contributed by atoms with Crippen LogP contribution < -0.4 is 4.90 Å². The van der Waals surface area contributed by atoms with E-state index >= 15 is 0 Å². The first-order valence-electron chi connectivity index (χ1n) is 8.81. The highest BCUT2D eigenvalue weighted by Gasteiger charge is 2.29. The molecule has 1 aromatic carbocycles. The fraction of sp³-hybridized carbons (Fsp3) is 0.421. The zero-order valence-corrected chi connectivity index (χ0v) is 14.6. The van der Waals surface area contributed by atoms with Gasteiger partial charge < -0.3 is 4.90 Å². The summed E-state index contributed by atoms with van der Waals surface area (Å²) in [5, 5.41) is 7.13. The molecule has 6 heteroatoms. The third-order valence-electron chi connectivity index (χ3n) is 5.54. The molecular weight excluding hydrogens is 317 g/mol. The number of rotatable bonds is 3. The first-order valence-corrected chi connectivity index (χ1v) is 8.81. The molecule has 3 aromatic rings. The van der Waals surface area contributed by atoms with Crippen LogP contribution in [0.5, 0.6) is 0 Å². The average Bonchev–Trinajstić information content (AvgIpc) is 3.06. The van der Waals surface area contributed by atoms with Gasteiger partial charge in [0, 0.05) is 18.7 Å². The van der Waals surface area contributed by atoms with Gasteiger partial charge in [0.25, 0.3) is 0 Å². The molecule has 130 valence electrons. The lowest BCUT2D eigenvalue weighted by atomic mass is 9.78. The van der Waals surface area contributed by atoms with Gasteiger partial charge in [0.05, 0.1) is 11.9 Å². The van der Waals surface area contributed by atoms with E-state index in [2.05, 4.69) is 38.9 Å². The molecule has 1 N–H and O–H groups in total. The molecule has 0 amide bonds. The van der Waals surface area contributed by atoms with Crippen molar-refractivity contribution < 1.29 is 4.39 Å². The summed E-state index contributed by atoms with van der Waals surface area (Å²) in [6, 6.07) is 6.61. The second kappa shape index (κ2) is 6.10. The van der Waals surface area contributed by atoms with Crippen molar-refractivity contribution in [2.24, 2.45) is 5.41 Å². The summed E-state index contributed by atoms with van der Waals surface area (Å²) >= 11 is 0. The first kappa shape index (κ1) is 16.0. The predicted molar refractivity (Wildman–Crippen MR) is 96.9 cm³/mol. The smallest absolute Gasteiger partial charge is 0.202 e. The Balaban J connectivity index is 1.64. The van der Waals surface area contributed by atoms with Crippen LogP contribution in [0.2, 0.25) is 0 Å². The van der Waals surface area contributed by atoms with E-state index < -0.39 is 0 Å². The van der Waals surface area contributed by atoms with Gasteiger partial charge in [-0.15, -0.1) is 0 Å². The number of hydrogen-bond donors (Lipinski definition) is 1. The standard InChI is InChI=1S/C19H22FN5/c1-3-19(2)8-10-25(11-9-19)15-12-21-17-16(23-24-18(17)22-15)13-6-4-5-7-14(13)20/h4-7,12H,3,8-11H2,1-2H3,(H,22,23,24). The summed E-state index contributed by atoms with van der Waals surface area (Å²) < 4.78 is 14.1. The molecule has 0 atom stereocenters. The summed E-state index contributed by atoms with van der Waals surface area (Å²) in [6.45, 7) is 6.58. The molecule has 0 radical (unpaired) electrons. The van der Waals surface area contributed by atoms with Gasteiger partial charge in [-0.1, -0.05) is 32.4 Å². The first-order chi connectivity index (χ1) is 12.1. The quantitative estimate of drug-likeness (QED) is 0.778. The molecular formula is C19H22FN5. The normalized spacial score (nSPS) is 17.2. The molecule has 2 aromatic heterocycles. The third-order valence-corrected chi connectivity index (χ3v) is 5.54. The molecule has 1 fully saturated rings. The van der Waals surface area contributed by atoms with Crippen molar-refractivity contribution >= 4 is 17.0 Å². The maximum absolute atomic E-state index is 14.1. The zero-order valence-electron chi connectivity index (χ0n) is 14.6. The highest BCUT2D eigenvalue weighted by atomic mass is 19.1. The van der Waals surface area contributed by atoms with Crippen molar-refractivity contribution in [2.45, 2.75) is 33.1 Å². The maximum atomic E-state index is 14.1. The number of nitrogens with one attached hydrogen (secondary N) is 1. The molecule has 1 aliphatic heterocycles. The van der Waals surface area contributed by atoms with Crippen LogP contribution in [-0.4, -0.2) is 33.3 Å². The van der Waals surface area contributed by atoms with Crippen molar-refractivity contribution in [1.82, 2.24) is 20.2 Å². The second-order valence-corrected chi connectivity index (χ2v) is 7.13. The maximum Gasteiger partial charge on any atom is 0.202 e. The van der Waals surface area contributed by atoms with Crippen LogP contribution in [0.3, 0.4) is 0 Å². The van der Waals surface area contributed by atoms with E-state index in [1.165, 1.54) is 12.5 Å². The highest BCUT2D eigenvalue weighted by Crippen LogP contribution is 2.35. The predicted octanol–water partition coefficient (Wildman–Crippen LogP) is 4.18. The van der Waals surface area contributed by atoms with E-state index in [1.807, 2.05) is 0 Å². The van der Waals surface area contributed by atoms with Crippen LogP contribution in [0, 0.1) is 11.2 Å². The van der Waals surface area contributed by atoms with Crippen LogP contribution in [0.1, 0.15) is 33.1 Å². The van der Waals surface area contributed by atoms with Crippen molar-refractivity contribution in [3.63, 3.8) is 0 Å². The van der Waals surface area contributed by atoms with Gasteiger partial charge in [-0.3, -0.25) is 5.10 Å². The van der Waals surface area contributed by atoms with Gasteiger partial charge in [0.15, 0.2) is 0 Å². The number of nitrogens with zero attached hydrogens (tertiary/aromatic N) is 4. The molecule has 3 heterocycles. The number of hydrogen-bond acceptors (Lipinski definition) is 4. The van der Waals surface area contributed by atoms with E-state index in [4.69, 9.17) is 0 Å². The number of aromatic nitrogens is 4. The Morgan fingerprint density at radius 2 is 2.00 bits per heavy atom. The molecule has 4 rings (SSSR count). The number of piperidine rings is 1. The van der Waals surface area contributed by atoms with Gasteiger partial charge in [0.2, 0.25) is 5.65 Å². The molecule has 1 aliphatic rings. The minimum Gasteiger partial charge on any atom is -0.355 e. The van der Waals surface area contributed by atoms with E-state index in [0.717, 1.165) is 31.7 Å². The summed E-state index contributed by atoms with van der Waals surface area (Å²) in [5.74, 6) is 0.547. The molecule has 0 spiro atoms. The molecule has 5 nitrogen and oxygen atoms in total. The third kappa shape index (κ3) is 2.86. The van der Waals surface area contributed by atoms with Crippen LogP contribution >= 0.6 is 0 Å². The van der Waals surface area contributed by atoms with E-state index in [-0.39, 0.29) is 5.82 Å². The zero-order chi connectivity index (χ0) is 17.4. The van der Waals surface area contributed by atoms with Gasteiger partial charge in [-0.25, -0.2) is 14.4 Å². The second-order valence-electron chi connectivity index (χ2n) is 7.13. The fourth-order valence-corrected chi connectivity index (χ4v) is 3.42. The number of anilines is 1. The van der Waals surface area contributed by atoms with Crippen molar-refractivity contribution in [3.8, 4) is 11.3 Å². The topological polar surface area (TPSA) is 57.7 Å². The number of benzene rings is 1. The Bertz CT molecular complexity index is 896. The number of aromatic amines is 1. The largest absolute Gasteiger partial charge is 0.355 e. The lowest BCUT2D eigenvalue weighted by molar-refractivity contribution is 0.238. The van der Waals surface area contributed by atoms with Crippen LogP contribution in [0.4, 0.5) is 10.2 Å². The Morgan fingerprint density at radius 1 is 1.24 bits per heavy atom. The minimum absolute atomic E-state index is 0.297. The summed E-state index contributed by atoms with van der Waals surface area (Å²) in [7, 11) is 0. The number of H-pyrrole nitrogens is 1.